The van der Waals surface area contributed by atoms with Crippen LogP contribution in [0, 0.1) is 0 Å². The van der Waals surface area contributed by atoms with E-state index in [9.17, 15) is 18.0 Å². The van der Waals surface area contributed by atoms with E-state index in [2.05, 4.69) is 0 Å². The van der Waals surface area contributed by atoms with Gasteiger partial charge in [-0.25, -0.2) is 8.42 Å². The summed E-state index contributed by atoms with van der Waals surface area (Å²) < 4.78 is 22.8. The maximum atomic E-state index is 11.4. The van der Waals surface area contributed by atoms with Gasteiger partial charge in [0.25, 0.3) is 0 Å². The highest BCUT2D eigenvalue weighted by molar-refractivity contribution is 7.90. The van der Waals surface area contributed by atoms with Crippen molar-refractivity contribution in [2.75, 3.05) is 6.26 Å². The first-order valence-electron chi connectivity index (χ1n) is 5.43. The third kappa shape index (κ3) is 4.70. The van der Waals surface area contributed by atoms with Crippen molar-refractivity contribution in [3.8, 4) is 0 Å². The number of sulfone groups is 1. The highest BCUT2D eigenvalue weighted by Crippen LogP contribution is 2.25. The van der Waals surface area contributed by atoms with Crippen molar-refractivity contribution < 1.29 is 28.2 Å². The number of carboxylic acid groups (broad SMARTS) is 2. The Morgan fingerprint density at radius 1 is 1.16 bits per heavy atom. The Bertz CT molecular complexity index is 574. The van der Waals surface area contributed by atoms with Crippen LogP contribution in [-0.4, -0.2) is 36.8 Å². The molecular weight excluding hydrogens is 272 g/mol. The highest BCUT2D eigenvalue weighted by atomic mass is 32.2. The second kappa shape index (κ2) is 5.83. The monoisotopic (exact) mass is 286 g/mol. The number of hydrogen-bond donors (Lipinski definition) is 2. The number of benzene rings is 1. The van der Waals surface area contributed by atoms with Crippen LogP contribution < -0.4 is 0 Å². The van der Waals surface area contributed by atoms with Crippen molar-refractivity contribution in [3.05, 3.63) is 29.8 Å². The molecular formula is C12H14O6S. The minimum atomic E-state index is -3.41. The largest absolute Gasteiger partial charge is 0.481 e. The van der Waals surface area contributed by atoms with Gasteiger partial charge in [0.1, 0.15) is 0 Å². The van der Waals surface area contributed by atoms with Gasteiger partial charge in [-0.15, -0.1) is 0 Å². The van der Waals surface area contributed by atoms with Gasteiger partial charge in [0.15, 0.2) is 9.84 Å². The molecule has 0 heterocycles. The van der Waals surface area contributed by atoms with Crippen LogP contribution in [0.15, 0.2) is 29.2 Å². The molecule has 0 aliphatic rings. The molecule has 0 radical (unpaired) electrons. The number of rotatable bonds is 6. The molecule has 0 unspecified atom stereocenters. The second-order valence-corrected chi connectivity index (χ2v) is 6.25. The van der Waals surface area contributed by atoms with Gasteiger partial charge in [-0.1, -0.05) is 12.1 Å². The molecule has 0 aliphatic carbocycles. The fourth-order valence-corrected chi connectivity index (χ4v) is 2.40. The zero-order valence-corrected chi connectivity index (χ0v) is 11.1. The number of carboxylic acids is 2. The lowest BCUT2D eigenvalue weighted by molar-refractivity contribution is -0.139. The van der Waals surface area contributed by atoms with Crippen molar-refractivity contribution in [1.82, 2.24) is 0 Å². The molecule has 19 heavy (non-hydrogen) atoms. The molecule has 0 spiro atoms. The van der Waals surface area contributed by atoms with Gasteiger partial charge in [-0.05, 0) is 17.7 Å². The molecule has 0 saturated heterocycles. The first-order valence-corrected chi connectivity index (χ1v) is 7.33. The fraction of sp³-hybridized carbons (Fsp3) is 0.333. The van der Waals surface area contributed by atoms with Crippen molar-refractivity contribution in [3.63, 3.8) is 0 Å². The molecule has 0 bridgehead atoms. The van der Waals surface area contributed by atoms with Gasteiger partial charge >= 0.3 is 11.9 Å². The van der Waals surface area contributed by atoms with E-state index in [4.69, 9.17) is 10.2 Å². The lowest BCUT2D eigenvalue weighted by atomic mass is 9.93. The van der Waals surface area contributed by atoms with Gasteiger partial charge in [-0.3, -0.25) is 9.59 Å². The molecule has 6 nitrogen and oxygen atoms in total. The fourth-order valence-electron chi connectivity index (χ4n) is 1.73. The van der Waals surface area contributed by atoms with E-state index >= 15 is 0 Å². The summed E-state index contributed by atoms with van der Waals surface area (Å²) in [6.45, 7) is 0. The Kier molecular flexibility index (Phi) is 4.66. The van der Waals surface area contributed by atoms with Gasteiger partial charge in [0, 0.05) is 12.2 Å². The highest BCUT2D eigenvalue weighted by Gasteiger charge is 2.20. The molecule has 104 valence electrons. The van der Waals surface area contributed by atoms with Crippen molar-refractivity contribution >= 4 is 21.8 Å². The Balaban J connectivity index is 3.15. The Morgan fingerprint density at radius 2 is 1.68 bits per heavy atom. The summed E-state index contributed by atoms with van der Waals surface area (Å²) in [5, 5.41) is 17.6. The zero-order chi connectivity index (χ0) is 14.6. The zero-order valence-electron chi connectivity index (χ0n) is 10.2. The first-order chi connectivity index (χ1) is 8.70. The van der Waals surface area contributed by atoms with Gasteiger partial charge in [0.2, 0.25) is 0 Å². The van der Waals surface area contributed by atoms with E-state index < -0.39 is 27.7 Å². The predicted octanol–water partition coefficient (Wildman–Crippen LogP) is 1.12. The van der Waals surface area contributed by atoms with Crippen molar-refractivity contribution in [2.24, 2.45) is 0 Å². The molecule has 0 saturated carbocycles. The van der Waals surface area contributed by atoms with Crippen LogP contribution in [0.2, 0.25) is 0 Å². The van der Waals surface area contributed by atoms with Crippen LogP contribution >= 0.6 is 0 Å². The smallest absolute Gasteiger partial charge is 0.303 e. The minimum absolute atomic E-state index is 0.0470. The van der Waals surface area contributed by atoms with Gasteiger partial charge < -0.3 is 10.2 Å². The summed E-state index contributed by atoms with van der Waals surface area (Å²) in [4.78, 5) is 21.5. The molecule has 2 N–H and O–H groups in total. The normalized spacial score (nSPS) is 11.5. The Labute approximate surface area is 110 Å². The minimum Gasteiger partial charge on any atom is -0.481 e. The molecule has 0 fully saturated rings. The molecule has 0 aliphatic heterocycles. The maximum absolute atomic E-state index is 11.4. The summed E-state index contributed by atoms with van der Waals surface area (Å²) in [5.41, 5.74) is 0.396. The third-order valence-corrected chi connectivity index (χ3v) is 3.71. The summed E-state index contributed by atoms with van der Waals surface area (Å²) >= 11 is 0. The molecule has 7 heteroatoms. The van der Waals surface area contributed by atoms with Crippen LogP contribution in [0.5, 0.6) is 0 Å². The third-order valence-electron chi connectivity index (χ3n) is 2.60. The van der Waals surface area contributed by atoms with Gasteiger partial charge in [-0.2, -0.15) is 0 Å². The van der Waals surface area contributed by atoms with Crippen LogP contribution in [-0.2, 0) is 19.4 Å². The number of carbonyl (C=O) groups is 2. The van der Waals surface area contributed by atoms with Crippen LogP contribution in [0.25, 0.3) is 0 Å². The van der Waals surface area contributed by atoms with Crippen LogP contribution in [0.4, 0.5) is 0 Å². The summed E-state index contributed by atoms with van der Waals surface area (Å²) in [7, 11) is -3.41. The molecule has 1 aromatic carbocycles. The second-order valence-electron chi connectivity index (χ2n) is 4.24. The lowest BCUT2D eigenvalue weighted by Gasteiger charge is -2.13. The molecule has 1 aromatic rings. The maximum Gasteiger partial charge on any atom is 0.303 e. The Morgan fingerprint density at radius 3 is 2.11 bits per heavy atom. The lowest BCUT2D eigenvalue weighted by Crippen LogP contribution is -2.11. The SMILES string of the molecule is CS(=O)(=O)c1cccc(C(CC(=O)O)CC(=O)O)c1. The average Bonchev–Trinajstić information content (AvgIpc) is 2.26. The Hall–Kier alpha value is -1.89. The molecule has 0 atom stereocenters. The predicted molar refractivity (Wildman–Crippen MR) is 66.8 cm³/mol. The molecule has 0 aromatic heterocycles. The van der Waals surface area contributed by atoms with Crippen LogP contribution in [0.3, 0.4) is 0 Å². The number of aliphatic carboxylic acids is 2. The van der Waals surface area contributed by atoms with Crippen LogP contribution in [0.1, 0.15) is 24.3 Å². The van der Waals surface area contributed by atoms with Gasteiger partial charge in [0.05, 0.1) is 17.7 Å². The quantitative estimate of drug-likeness (QED) is 0.811. The summed E-state index contributed by atoms with van der Waals surface area (Å²) in [6.07, 6.45) is 0.314. The summed E-state index contributed by atoms with van der Waals surface area (Å²) in [5.74, 6) is -3.01. The van der Waals surface area contributed by atoms with E-state index in [1.165, 1.54) is 24.3 Å². The molecule has 0 amide bonds. The van der Waals surface area contributed by atoms with Crippen molar-refractivity contribution in [1.29, 1.82) is 0 Å². The standard InChI is InChI=1S/C12H14O6S/c1-19(17,18)10-4-2-3-8(5-10)9(6-11(13)14)7-12(15)16/h2-5,9H,6-7H2,1H3,(H,13,14)(H,15,16). The van der Waals surface area contributed by atoms with E-state index in [1.54, 1.807) is 0 Å². The average molecular weight is 286 g/mol. The van der Waals surface area contributed by atoms with E-state index in [1.807, 2.05) is 0 Å². The van der Waals surface area contributed by atoms with E-state index in [-0.39, 0.29) is 17.7 Å². The summed E-state index contributed by atoms with van der Waals surface area (Å²) in [6, 6.07) is 5.72. The topological polar surface area (TPSA) is 109 Å². The van der Waals surface area contributed by atoms with E-state index in [0.717, 1.165) is 6.26 Å². The van der Waals surface area contributed by atoms with Crippen molar-refractivity contribution in [2.45, 2.75) is 23.7 Å². The first kappa shape index (κ1) is 15.2. The molecule has 1 rings (SSSR count). The van der Waals surface area contributed by atoms with E-state index in [0.29, 0.717) is 5.56 Å². The number of hydrogen-bond acceptors (Lipinski definition) is 4.